The van der Waals surface area contributed by atoms with Gasteiger partial charge in [0.15, 0.2) is 0 Å². The van der Waals surface area contributed by atoms with E-state index in [1.807, 2.05) is 11.8 Å². The SMILES string of the molecule is NCC1(CC(=O)NC2CCCSC2)CCC1. The number of hydrogen-bond donors (Lipinski definition) is 2. The molecule has 1 heterocycles. The van der Waals surface area contributed by atoms with Crippen molar-refractivity contribution in [2.24, 2.45) is 11.1 Å². The number of carbonyl (C=O) groups is 1. The minimum absolute atomic E-state index is 0.145. The number of rotatable bonds is 4. The third kappa shape index (κ3) is 2.92. The van der Waals surface area contributed by atoms with Crippen molar-refractivity contribution in [1.29, 1.82) is 0 Å². The topological polar surface area (TPSA) is 55.1 Å². The lowest BCUT2D eigenvalue weighted by Gasteiger charge is -2.40. The normalized spacial score (nSPS) is 28.2. The third-order valence-corrected chi connectivity index (χ3v) is 5.12. The van der Waals surface area contributed by atoms with E-state index in [0.717, 1.165) is 25.0 Å². The molecule has 0 bridgehead atoms. The molecule has 3 nitrogen and oxygen atoms in total. The fourth-order valence-corrected chi connectivity index (χ4v) is 3.68. The van der Waals surface area contributed by atoms with Crippen molar-refractivity contribution in [2.75, 3.05) is 18.1 Å². The van der Waals surface area contributed by atoms with Gasteiger partial charge in [-0.15, -0.1) is 0 Å². The van der Waals surface area contributed by atoms with Gasteiger partial charge in [-0.3, -0.25) is 4.79 Å². The predicted molar refractivity (Wildman–Crippen MR) is 68.4 cm³/mol. The molecule has 1 saturated heterocycles. The number of carbonyl (C=O) groups excluding carboxylic acids is 1. The van der Waals surface area contributed by atoms with Gasteiger partial charge in [-0.1, -0.05) is 6.42 Å². The van der Waals surface area contributed by atoms with Gasteiger partial charge in [0.2, 0.25) is 5.91 Å². The van der Waals surface area contributed by atoms with Gasteiger partial charge in [-0.2, -0.15) is 11.8 Å². The summed E-state index contributed by atoms with van der Waals surface area (Å²) in [5.74, 6) is 2.55. The second kappa shape index (κ2) is 5.41. The predicted octanol–water partition coefficient (Wildman–Crippen LogP) is 1.52. The van der Waals surface area contributed by atoms with Gasteiger partial charge in [0.05, 0.1) is 0 Å². The summed E-state index contributed by atoms with van der Waals surface area (Å²) in [5.41, 5.74) is 5.91. The zero-order valence-corrected chi connectivity index (χ0v) is 10.7. The van der Waals surface area contributed by atoms with Crippen LogP contribution in [0.3, 0.4) is 0 Å². The fraction of sp³-hybridized carbons (Fsp3) is 0.917. The van der Waals surface area contributed by atoms with Gasteiger partial charge in [-0.05, 0) is 43.4 Å². The molecule has 1 aliphatic heterocycles. The molecule has 0 aromatic carbocycles. The van der Waals surface area contributed by atoms with Crippen LogP contribution in [0.25, 0.3) is 0 Å². The molecule has 1 amide bonds. The highest BCUT2D eigenvalue weighted by Crippen LogP contribution is 2.42. The molecule has 16 heavy (non-hydrogen) atoms. The quantitative estimate of drug-likeness (QED) is 0.786. The van der Waals surface area contributed by atoms with E-state index in [1.54, 1.807) is 0 Å². The van der Waals surface area contributed by atoms with E-state index in [4.69, 9.17) is 5.73 Å². The minimum atomic E-state index is 0.145. The van der Waals surface area contributed by atoms with Crippen molar-refractivity contribution in [1.82, 2.24) is 5.32 Å². The van der Waals surface area contributed by atoms with Gasteiger partial charge >= 0.3 is 0 Å². The van der Waals surface area contributed by atoms with Crippen LogP contribution < -0.4 is 11.1 Å². The van der Waals surface area contributed by atoms with Gasteiger partial charge in [0.1, 0.15) is 0 Å². The zero-order chi connectivity index (χ0) is 11.4. The molecule has 92 valence electrons. The maximum Gasteiger partial charge on any atom is 0.220 e. The molecule has 1 aliphatic carbocycles. The van der Waals surface area contributed by atoms with Crippen LogP contribution in [0.2, 0.25) is 0 Å². The minimum Gasteiger partial charge on any atom is -0.353 e. The molecule has 0 aromatic heterocycles. The first kappa shape index (κ1) is 12.2. The number of amides is 1. The highest BCUT2D eigenvalue weighted by molar-refractivity contribution is 7.99. The number of nitrogens with two attached hydrogens (primary N) is 1. The molecule has 1 unspecified atom stereocenters. The molecule has 2 fully saturated rings. The highest BCUT2D eigenvalue weighted by atomic mass is 32.2. The van der Waals surface area contributed by atoms with Gasteiger partial charge in [-0.25, -0.2) is 0 Å². The smallest absolute Gasteiger partial charge is 0.220 e. The second-order valence-electron chi connectivity index (χ2n) is 5.22. The largest absolute Gasteiger partial charge is 0.353 e. The Balaban J connectivity index is 1.74. The fourth-order valence-electron chi connectivity index (χ4n) is 2.60. The second-order valence-corrected chi connectivity index (χ2v) is 6.37. The lowest BCUT2D eigenvalue weighted by atomic mass is 9.66. The van der Waals surface area contributed by atoms with E-state index in [1.165, 1.54) is 18.6 Å². The Bertz CT molecular complexity index is 242. The molecule has 0 radical (unpaired) electrons. The number of hydrogen-bond acceptors (Lipinski definition) is 3. The van der Waals surface area contributed by atoms with Crippen LogP contribution in [0.15, 0.2) is 0 Å². The average Bonchev–Trinajstić information content (AvgIpc) is 2.25. The van der Waals surface area contributed by atoms with E-state index in [2.05, 4.69) is 5.32 Å². The molecule has 2 rings (SSSR count). The lowest BCUT2D eigenvalue weighted by molar-refractivity contribution is -0.125. The zero-order valence-electron chi connectivity index (χ0n) is 9.84. The summed E-state index contributed by atoms with van der Waals surface area (Å²) in [5, 5.41) is 3.16. The van der Waals surface area contributed by atoms with Crippen LogP contribution in [-0.2, 0) is 4.79 Å². The summed E-state index contributed by atoms with van der Waals surface area (Å²) in [7, 11) is 0. The van der Waals surface area contributed by atoms with Crippen molar-refractivity contribution in [3.63, 3.8) is 0 Å². The van der Waals surface area contributed by atoms with Crippen molar-refractivity contribution in [3.05, 3.63) is 0 Å². The maximum atomic E-state index is 11.9. The van der Waals surface area contributed by atoms with E-state index in [0.29, 0.717) is 19.0 Å². The molecule has 3 N–H and O–H groups in total. The molecule has 1 saturated carbocycles. The lowest BCUT2D eigenvalue weighted by Crippen LogP contribution is -2.45. The molecule has 2 aliphatic rings. The first-order chi connectivity index (χ1) is 7.74. The molecule has 0 spiro atoms. The van der Waals surface area contributed by atoms with Crippen LogP contribution in [0.5, 0.6) is 0 Å². The van der Waals surface area contributed by atoms with Gasteiger partial charge < -0.3 is 11.1 Å². The Labute approximate surface area is 102 Å². The van der Waals surface area contributed by atoms with Crippen molar-refractivity contribution >= 4 is 17.7 Å². The van der Waals surface area contributed by atoms with Crippen LogP contribution in [0, 0.1) is 5.41 Å². The summed E-state index contributed by atoms with van der Waals surface area (Å²) in [6, 6.07) is 0.404. The van der Waals surface area contributed by atoms with E-state index < -0.39 is 0 Å². The Morgan fingerprint density at radius 2 is 2.25 bits per heavy atom. The molecule has 0 aromatic rings. The third-order valence-electron chi connectivity index (χ3n) is 3.91. The highest BCUT2D eigenvalue weighted by Gasteiger charge is 2.37. The van der Waals surface area contributed by atoms with Gasteiger partial charge in [0.25, 0.3) is 0 Å². The Kier molecular flexibility index (Phi) is 4.14. The first-order valence-corrected chi connectivity index (χ1v) is 7.47. The summed E-state index contributed by atoms with van der Waals surface area (Å²) in [6.45, 7) is 0.667. The number of thioether (sulfide) groups is 1. The van der Waals surface area contributed by atoms with Crippen molar-refractivity contribution < 1.29 is 4.79 Å². The Hall–Kier alpha value is -0.220. The first-order valence-electron chi connectivity index (χ1n) is 6.31. The Morgan fingerprint density at radius 3 is 2.75 bits per heavy atom. The molecule has 4 heteroatoms. The van der Waals surface area contributed by atoms with E-state index in [9.17, 15) is 4.79 Å². The van der Waals surface area contributed by atoms with Crippen molar-refractivity contribution in [2.45, 2.75) is 44.6 Å². The van der Waals surface area contributed by atoms with Crippen LogP contribution >= 0.6 is 11.8 Å². The van der Waals surface area contributed by atoms with Crippen LogP contribution in [0.1, 0.15) is 38.5 Å². The van der Waals surface area contributed by atoms with Crippen LogP contribution in [0.4, 0.5) is 0 Å². The monoisotopic (exact) mass is 242 g/mol. The van der Waals surface area contributed by atoms with Crippen molar-refractivity contribution in [3.8, 4) is 0 Å². The standard InChI is InChI=1S/C12H22N2OS/c13-9-12(4-2-5-12)7-11(15)14-10-3-1-6-16-8-10/h10H,1-9,13H2,(H,14,15). The number of nitrogens with one attached hydrogen (secondary N) is 1. The summed E-state index contributed by atoms with van der Waals surface area (Å²) >= 11 is 1.95. The van der Waals surface area contributed by atoms with Gasteiger partial charge in [0, 0.05) is 18.2 Å². The average molecular weight is 242 g/mol. The van der Waals surface area contributed by atoms with E-state index >= 15 is 0 Å². The van der Waals surface area contributed by atoms with E-state index in [-0.39, 0.29) is 11.3 Å². The summed E-state index contributed by atoms with van der Waals surface area (Å²) in [4.78, 5) is 11.9. The maximum absolute atomic E-state index is 11.9. The molecule has 1 atom stereocenters. The van der Waals surface area contributed by atoms with Crippen LogP contribution in [-0.4, -0.2) is 30.0 Å². The molecular formula is C12H22N2OS. The Morgan fingerprint density at radius 1 is 1.44 bits per heavy atom. The summed E-state index contributed by atoms with van der Waals surface area (Å²) < 4.78 is 0. The molecular weight excluding hydrogens is 220 g/mol. The summed E-state index contributed by atoms with van der Waals surface area (Å²) in [6.07, 6.45) is 6.53.